The van der Waals surface area contributed by atoms with Crippen LogP contribution in [0.5, 0.6) is 0 Å². The van der Waals surface area contributed by atoms with Crippen LogP contribution in [-0.4, -0.2) is 0 Å². The van der Waals surface area contributed by atoms with Crippen LogP contribution in [0.3, 0.4) is 0 Å². The Balaban J connectivity index is 1.07. The number of hydrogen-bond donors (Lipinski definition) is 0. The van der Waals surface area contributed by atoms with Gasteiger partial charge in [-0.2, -0.15) is 0 Å². The fraction of sp³-hybridized carbons (Fsp3) is 0.103. The summed E-state index contributed by atoms with van der Waals surface area (Å²) in [5.41, 5.74) is 17.6. The molecule has 0 N–H and O–H groups in total. The average molecular weight is 769 g/mol. The molecule has 10 aromatic carbocycles. The third kappa shape index (κ3) is 4.88. The van der Waals surface area contributed by atoms with Crippen LogP contribution in [-0.2, 0) is 10.8 Å². The summed E-state index contributed by atoms with van der Waals surface area (Å²) >= 11 is 0. The van der Waals surface area contributed by atoms with Crippen LogP contribution in [0.2, 0.25) is 0 Å². The minimum absolute atomic E-state index is 0.105. The molecule has 0 aliphatic heterocycles. The molecule has 10 aromatic rings. The number of rotatable bonds is 6. The molecule has 2 aliphatic carbocycles. The van der Waals surface area contributed by atoms with Gasteiger partial charge in [0.05, 0.1) is 11.4 Å². The molecule has 0 saturated heterocycles. The Kier molecular flexibility index (Phi) is 7.36. The Morgan fingerprint density at radius 1 is 0.300 bits per heavy atom. The van der Waals surface area contributed by atoms with E-state index >= 15 is 0 Å². The van der Waals surface area contributed by atoms with E-state index in [9.17, 15) is 0 Å². The van der Waals surface area contributed by atoms with Crippen LogP contribution in [0.4, 0.5) is 34.1 Å². The smallest absolute Gasteiger partial charge is 0.0540 e. The lowest BCUT2D eigenvalue weighted by Gasteiger charge is -2.30. The van der Waals surface area contributed by atoms with E-state index in [2.05, 4.69) is 232 Å². The van der Waals surface area contributed by atoms with Crippen molar-refractivity contribution in [2.75, 3.05) is 9.80 Å². The summed E-state index contributed by atoms with van der Waals surface area (Å²) < 4.78 is 0. The van der Waals surface area contributed by atoms with Crippen molar-refractivity contribution in [2.45, 2.75) is 38.5 Å². The van der Waals surface area contributed by atoms with Crippen LogP contribution in [0.15, 0.2) is 194 Å². The number of para-hydroxylation sites is 2. The highest BCUT2D eigenvalue weighted by Crippen LogP contribution is 2.54. The predicted molar refractivity (Wildman–Crippen MR) is 255 cm³/mol. The summed E-state index contributed by atoms with van der Waals surface area (Å²) in [4.78, 5) is 4.93. The molecule has 286 valence electrons. The van der Waals surface area contributed by atoms with Gasteiger partial charge in [-0.15, -0.1) is 0 Å². The van der Waals surface area contributed by atoms with Crippen molar-refractivity contribution in [3.63, 3.8) is 0 Å². The van der Waals surface area contributed by atoms with Crippen molar-refractivity contribution in [2.24, 2.45) is 0 Å². The van der Waals surface area contributed by atoms with Gasteiger partial charge in [0.25, 0.3) is 0 Å². The van der Waals surface area contributed by atoms with Gasteiger partial charge in [-0.1, -0.05) is 161 Å². The highest BCUT2D eigenvalue weighted by Gasteiger charge is 2.37. The minimum Gasteiger partial charge on any atom is -0.310 e. The first-order valence-corrected chi connectivity index (χ1v) is 21.2. The van der Waals surface area contributed by atoms with Crippen LogP contribution in [0.25, 0.3) is 54.6 Å². The first-order chi connectivity index (χ1) is 29.3. The molecule has 12 rings (SSSR count). The van der Waals surface area contributed by atoms with Crippen LogP contribution >= 0.6 is 0 Å². The molecule has 0 aromatic heterocycles. The van der Waals surface area contributed by atoms with Crippen molar-refractivity contribution in [3.05, 3.63) is 216 Å². The molecule has 0 amide bonds. The third-order valence-corrected chi connectivity index (χ3v) is 13.8. The molecule has 0 radical (unpaired) electrons. The summed E-state index contributed by atoms with van der Waals surface area (Å²) in [6, 6.07) is 72.3. The molecule has 0 unspecified atom stereocenters. The van der Waals surface area contributed by atoms with Gasteiger partial charge < -0.3 is 9.80 Å². The predicted octanol–water partition coefficient (Wildman–Crippen LogP) is 16.1. The number of fused-ring (bicyclic) bond motifs is 6. The molecule has 60 heavy (non-hydrogen) atoms. The van der Waals surface area contributed by atoms with E-state index in [1.807, 2.05) is 0 Å². The van der Waals surface area contributed by atoms with Gasteiger partial charge in [-0.25, -0.2) is 0 Å². The molecule has 0 saturated carbocycles. The van der Waals surface area contributed by atoms with E-state index in [1.54, 1.807) is 0 Å². The van der Waals surface area contributed by atoms with Gasteiger partial charge in [-0.05, 0) is 127 Å². The SMILES string of the molecule is CC1(C)c2ccccc2-c2ccc(N(c3ccccc3)c3ccc4ccc5c(N(c6ccccc6)c6ccc7c(c6)C(C)(C)c6ccccc6-7)ccc6ccc3c4c65)cc21. The maximum absolute atomic E-state index is 2.46. The normalized spacial score (nSPS) is 14.3. The number of benzene rings is 10. The summed E-state index contributed by atoms with van der Waals surface area (Å²) in [6.07, 6.45) is 0. The van der Waals surface area contributed by atoms with E-state index < -0.39 is 0 Å². The monoisotopic (exact) mass is 768 g/mol. The van der Waals surface area contributed by atoms with E-state index in [-0.39, 0.29) is 10.8 Å². The van der Waals surface area contributed by atoms with Gasteiger partial charge >= 0.3 is 0 Å². The Labute approximate surface area is 351 Å². The third-order valence-electron chi connectivity index (χ3n) is 13.8. The highest BCUT2D eigenvalue weighted by molar-refractivity contribution is 6.28. The Morgan fingerprint density at radius 3 is 1.10 bits per heavy atom. The first-order valence-electron chi connectivity index (χ1n) is 21.2. The fourth-order valence-electron chi connectivity index (χ4n) is 10.8. The minimum atomic E-state index is -0.105. The lowest BCUT2D eigenvalue weighted by atomic mass is 9.82. The Morgan fingerprint density at radius 2 is 0.667 bits per heavy atom. The van der Waals surface area contributed by atoms with Gasteiger partial charge in [0.2, 0.25) is 0 Å². The second-order valence-corrected chi connectivity index (χ2v) is 17.7. The van der Waals surface area contributed by atoms with Crippen LogP contribution < -0.4 is 9.80 Å². The second-order valence-electron chi connectivity index (χ2n) is 17.7. The molecule has 2 heteroatoms. The van der Waals surface area contributed by atoms with Crippen LogP contribution in [0, 0.1) is 0 Å². The lowest BCUT2D eigenvalue weighted by molar-refractivity contribution is 0.660. The van der Waals surface area contributed by atoms with Crippen molar-refractivity contribution in [1.29, 1.82) is 0 Å². The molecule has 0 atom stereocenters. The number of hydrogen-bond acceptors (Lipinski definition) is 2. The maximum atomic E-state index is 2.46. The summed E-state index contributed by atoms with van der Waals surface area (Å²) in [7, 11) is 0. The molecule has 0 fully saturated rings. The zero-order valence-electron chi connectivity index (χ0n) is 34.4. The topological polar surface area (TPSA) is 6.48 Å². The lowest BCUT2D eigenvalue weighted by Crippen LogP contribution is -2.17. The van der Waals surface area contributed by atoms with E-state index in [4.69, 9.17) is 0 Å². The van der Waals surface area contributed by atoms with Gasteiger partial charge in [0.1, 0.15) is 0 Å². The quantitative estimate of drug-likeness (QED) is 0.155. The summed E-state index contributed by atoms with van der Waals surface area (Å²) in [6.45, 7) is 9.46. The van der Waals surface area contributed by atoms with E-state index in [1.165, 1.54) is 88.2 Å². The second kappa shape index (κ2) is 12.7. The van der Waals surface area contributed by atoms with Crippen LogP contribution in [0.1, 0.15) is 49.9 Å². The number of anilines is 6. The Hall–Kier alpha value is -7.16. The molecular formula is C58H44N2. The zero-order valence-corrected chi connectivity index (χ0v) is 34.4. The zero-order chi connectivity index (χ0) is 40.3. The highest BCUT2D eigenvalue weighted by atomic mass is 15.1. The van der Waals surface area contributed by atoms with Crippen molar-refractivity contribution in [1.82, 2.24) is 0 Å². The van der Waals surface area contributed by atoms with Crippen molar-refractivity contribution < 1.29 is 0 Å². The molecule has 0 heterocycles. The molecule has 0 spiro atoms. The molecule has 2 aliphatic rings. The van der Waals surface area contributed by atoms with Gasteiger partial charge in [-0.3, -0.25) is 0 Å². The number of nitrogens with zero attached hydrogens (tertiary/aromatic N) is 2. The maximum Gasteiger partial charge on any atom is 0.0540 e. The molecular weight excluding hydrogens is 725 g/mol. The van der Waals surface area contributed by atoms with E-state index in [0.717, 1.165) is 22.7 Å². The van der Waals surface area contributed by atoms with Crippen molar-refractivity contribution >= 4 is 66.4 Å². The standard InChI is InChI=1S/C58H44N2/c1-57(2)49-21-13-11-19-43(49)45-31-27-41(35-51(45)57)59(39-15-7-5-8-16-39)53-33-25-37-24-30-48-54(34-26-38-23-29-47(53)55(37)56(38)48)60(40-17-9-6-10-18-40)42-28-32-46-44-20-12-14-22-50(44)58(3,4)52(46)36-42/h5-36H,1-4H3. The first kappa shape index (κ1) is 34.8. The average Bonchev–Trinajstić information content (AvgIpc) is 3.66. The summed E-state index contributed by atoms with van der Waals surface area (Å²) in [5.74, 6) is 0. The van der Waals surface area contributed by atoms with Crippen molar-refractivity contribution in [3.8, 4) is 22.3 Å². The molecule has 2 nitrogen and oxygen atoms in total. The van der Waals surface area contributed by atoms with E-state index in [0.29, 0.717) is 0 Å². The molecule has 0 bridgehead atoms. The Bertz CT molecular complexity index is 3100. The largest absolute Gasteiger partial charge is 0.310 e. The van der Waals surface area contributed by atoms with Gasteiger partial charge in [0.15, 0.2) is 0 Å². The fourth-order valence-corrected chi connectivity index (χ4v) is 10.8. The van der Waals surface area contributed by atoms with Gasteiger partial charge in [0, 0.05) is 44.4 Å². The summed E-state index contributed by atoms with van der Waals surface area (Å²) in [5, 5.41) is 7.53.